The molecular weight excluding hydrogens is 346 g/mol. The summed E-state index contributed by atoms with van der Waals surface area (Å²) in [6.07, 6.45) is 4.73. The standard InChI is InChI=1S/C24H29N3O/c1-15-7-12-20(23(26-15)18-5-3-2-4-6-18)25-14-16-8-11-19-21(13-16)27-24(28)22(19)17-9-10-17/h2-6,8,11,13,15,17,20,22-23,25-26H,7,9-10,12,14H2,1H3,(H,27,28). The first kappa shape index (κ1) is 17.9. The van der Waals surface area contributed by atoms with Gasteiger partial charge >= 0.3 is 0 Å². The molecule has 4 nitrogen and oxygen atoms in total. The molecule has 0 aromatic heterocycles. The van der Waals surface area contributed by atoms with Crippen LogP contribution in [0.2, 0.25) is 0 Å². The maximum absolute atomic E-state index is 12.3. The van der Waals surface area contributed by atoms with Gasteiger partial charge in [0.1, 0.15) is 0 Å². The summed E-state index contributed by atoms with van der Waals surface area (Å²) >= 11 is 0. The lowest BCUT2D eigenvalue weighted by atomic mass is 9.89. The van der Waals surface area contributed by atoms with Crippen LogP contribution in [0.5, 0.6) is 0 Å². The van der Waals surface area contributed by atoms with Crippen LogP contribution >= 0.6 is 0 Å². The van der Waals surface area contributed by atoms with Crippen LogP contribution in [0.15, 0.2) is 48.5 Å². The minimum Gasteiger partial charge on any atom is -0.325 e. The van der Waals surface area contributed by atoms with Crippen LogP contribution in [0.3, 0.4) is 0 Å². The lowest BCUT2D eigenvalue weighted by Crippen LogP contribution is -2.49. The molecule has 1 saturated carbocycles. The molecule has 4 unspecified atom stereocenters. The van der Waals surface area contributed by atoms with Crippen LogP contribution in [0.25, 0.3) is 0 Å². The predicted octanol–water partition coefficient (Wildman–Crippen LogP) is 4.10. The van der Waals surface area contributed by atoms with E-state index in [1.54, 1.807) is 0 Å². The van der Waals surface area contributed by atoms with Gasteiger partial charge in [-0.15, -0.1) is 0 Å². The lowest BCUT2D eigenvalue weighted by molar-refractivity contribution is -0.117. The first-order valence-electron chi connectivity index (χ1n) is 10.7. The topological polar surface area (TPSA) is 53.2 Å². The van der Waals surface area contributed by atoms with Gasteiger partial charge in [-0.25, -0.2) is 0 Å². The van der Waals surface area contributed by atoms with Crippen LogP contribution in [0.1, 0.15) is 61.3 Å². The zero-order valence-electron chi connectivity index (χ0n) is 16.4. The molecule has 2 fully saturated rings. The smallest absolute Gasteiger partial charge is 0.232 e. The van der Waals surface area contributed by atoms with Gasteiger partial charge in [0.25, 0.3) is 0 Å². The largest absolute Gasteiger partial charge is 0.325 e. The highest BCUT2D eigenvalue weighted by Gasteiger charge is 2.42. The second-order valence-electron chi connectivity index (χ2n) is 8.75. The van der Waals surface area contributed by atoms with Gasteiger partial charge in [-0.2, -0.15) is 0 Å². The molecule has 1 amide bonds. The quantitative estimate of drug-likeness (QED) is 0.737. The Labute approximate surface area is 167 Å². The zero-order valence-corrected chi connectivity index (χ0v) is 16.4. The number of amides is 1. The Morgan fingerprint density at radius 1 is 1.04 bits per heavy atom. The third kappa shape index (κ3) is 3.47. The molecule has 4 heteroatoms. The summed E-state index contributed by atoms with van der Waals surface area (Å²) in [5.74, 6) is 0.841. The lowest BCUT2D eigenvalue weighted by Gasteiger charge is -2.37. The van der Waals surface area contributed by atoms with E-state index in [2.05, 4.69) is 71.4 Å². The molecule has 2 aliphatic heterocycles. The summed E-state index contributed by atoms with van der Waals surface area (Å²) in [6, 6.07) is 18.5. The maximum atomic E-state index is 12.3. The SMILES string of the molecule is CC1CCC(NCc2ccc3c(c2)NC(=O)C3C2CC2)C(c2ccccc2)N1. The number of carbonyl (C=O) groups is 1. The van der Waals surface area contributed by atoms with Crippen molar-refractivity contribution >= 4 is 11.6 Å². The number of rotatable bonds is 5. The van der Waals surface area contributed by atoms with Crippen molar-refractivity contribution in [3.8, 4) is 0 Å². The second-order valence-corrected chi connectivity index (χ2v) is 8.75. The summed E-state index contributed by atoms with van der Waals surface area (Å²) in [5.41, 5.74) is 4.81. The van der Waals surface area contributed by atoms with Crippen molar-refractivity contribution in [2.75, 3.05) is 5.32 Å². The molecule has 1 aliphatic carbocycles. The highest BCUT2D eigenvalue weighted by molar-refractivity contribution is 6.03. The van der Waals surface area contributed by atoms with Crippen LogP contribution in [-0.2, 0) is 11.3 Å². The molecular formula is C24H29N3O. The van der Waals surface area contributed by atoms with E-state index >= 15 is 0 Å². The van der Waals surface area contributed by atoms with E-state index in [0.29, 0.717) is 24.0 Å². The molecule has 2 heterocycles. The highest BCUT2D eigenvalue weighted by Crippen LogP contribution is 2.48. The minimum absolute atomic E-state index is 0.0866. The van der Waals surface area contributed by atoms with Crippen LogP contribution in [-0.4, -0.2) is 18.0 Å². The van der Waals surface area contributed by atoms with Crippen molar-refractivity contribution in [1.29, 1.82) is 0 Å². The monoisotopic (exact) mass is 375 g/mol. The number of piperidine rings is 1. The summed E-state index contributed by atoms with van der Waals surface area (Å²) < 4.78 is 0. The van der Waals surface area contributed by atoms with Gasteiger partial charge in [0.05, 0.1) is 5.92 Å². The number of anilines is 1. The van der Waals surface area contributed by atoms with E-state index in [1.807, 2.05) is 0 Å². The molecule has 5 rings (SSSR count). The van der Waals surface area contributed by atoms with Gasteiger partial charge < -0.3 is 16.0 Å². The molecule has 146 valence electrons. The Morgan fingerprint density at radius 3 is 2.64 bits per heavy atom. The Kier molecular flexibility index (Phi) is 4.69. The number of carbonyl (C=O) groups excluding carboxylic acids is 1. The molecule has 3 aliphatic rings. The molecule has 1 saturated heterocycles. The molecule has 2 aromatic carbocycles. The van der Waals surface area contributed by atoms with Gasteiger partial charge in [0.15, 0.2) is 0 Å². The molecule has 3 N–H and O–H groups in total. The Balaban J connectivity index is 1.29. The fourth-order valence-corrected chi connectivity index (χ4v) is 4.90. The van der Waals surface area contributed by atoms with E-state index in [1.165, 1.54) is 42.4 Å². The number of hydrogen-bond donors (Lipinski definition) is 3. The first-order valence-corrected chi connectivity index (χ1v) is 10.7. The number of fused-ring (bicyclic) bond motifs is 1. The van der Waals surface area contributed by atoms with E-state index in [9.17, 15) is 4.79 Å². The van der Waals surface area contributed by atoms with E-state index in [0.717, 1.165) is 12.2 Å². The van der Waals surface area contributed by atoms with Crippen molar-refractivity contribution in [3.05, 3.63) is 65.2 Å². The normalized spacial score (nSPS) is 29.4. The van der Waals surface area contributed by atoms with E-state index < -0.39 is 0 Å². The molecule has 4 atom stereocenters. The Bertz CT molecular complexity index is 861. The number of benzene rings is 2. The molecule has 0 spiro atoms. The second kappa shape index (κ2) is 7.34. The van der Waals surface area contributed by atoms with Crippen LogP contribution < -0.4 is 16.0 Å². The summed E-state index contributed by atoms with van der Waals surface area (Å²) in [5, 5.41) is 10.7. The molecule has 28 heavy (non-hydrogen) atoms. The van der Waals surface area contributed by atoms with Crippen molar-refractivity contribution in [1.82, 2.24) is 10.6 Å². The van der Waals surface area contributed by atoms with Crippen LogP contribution in [0, 0.1) is 5.92 Å². The van der Waals surface area contributed by atoms with Gasteiger partial charge in [0, 0.05) is 30.4 Å². The average Bonchev–Trinajstić information content (AvgIpc) is 3.49. The first-order chi connectivity index (χ1) is 13.7. The van der Waals surface area contributed by atoms with Crippen molar-refractivity contribution in [2.45, 2.75) is 63.2 Å². The minimum atomic E-state index is 0.0866. The maximum Gasteiger partial charge on any atom is 0.232 e. The third-order valence-corrected chi connectivity index (χ3v) is 6.59. The summed E-state index contributed by atoms with van der Waals surface area (Å²) in [7, 11) is 0. The zero-order chi connectivity index (χ0) is 19.1. The third-order valence-electron chi connectivity index (χ3n) is 6.59. The molecule has 2 aromatic rings. The summed E-state index contributed by atoms with van der Waals surface area (Å²) in [6.45, 7) is 3.09. The Morgan fingerprint density at radius 2 is 1.86 bits per heavy atom. The van der Waals surface area contributed by atoms with E-state index in [4.69, 9.17) is 0 Å². The molecule has 0 radical (unpaired) electrons. The van der Waals surface area contributed by atoms with Crippen molar-refractivity contribution in [2.24, 2.45) is 5.92 Å². The number of hydrogen-bond acceptors (Lipinski definition) is 3. The summed E-state index contributed by atoms with van der Waals surface area (Å²) in [4.78, 5) is 12.3. The molecule has 0 bridgehead atoms. The fourth-order valence-electron chi connectivity index (χ4n) is 4.90. The fraction of sp³-hybridized carbons (Fsp3) is 0.458. The van der Waals surface area contributed by atoms with Crippen molar-refractivity contribution < 1.29 is 4.79 Å². The van der Waals surface area contributed by atoms with Gasteiger partial charge in [-0.1, -0.05) is 42.5 Å². The predicted molar refractivity (Wildman–Crippen MR) is 112 cm³/mol. The van der Waals surface area contributed by atoms with Crippen LogP contribution in [0.4, 0.5) is 5.69 Å². The van der Waals surface area contributed by atoms with Crippen molar-refractivity contribution in [3.63, 3.8) is 0 Å². The Hall–Kier alpha value is -2.17. The highest BCUT2D eigenvalue weighted by atomic mass is 16.2. The van der Waals surface area contributed by atoms with E-state index in [-0.39, 0.29) is 11.8 Å². The van der Waals surface area contributed by atoms with Gasteiger partial charge in [-0.3, -0.25) is 4.79 Å². The van der Waals surface area contributed by atoms with Gasteiger partial charge in [-0.05, 0) is 61.3 Å². The number of nitrogens with one attached hydrogen (secondary N) is 3. The van der Waals surface area contributed by atoms with Gasteiger partial charge in [0.2, 0.25) is 5.91 Å². The average molecular weight is 376 g/mol.